The molecule has 0 spiro atoms. The van der Waals surface area contributed by atoms with E-state index in [0.717, 1.165) is 12.8 Å². The van der Waals surface area contributed by atoms with Crippen LogP contribution in [-0.2, 0) is 4.79 Å². The van der Waals surface area contributed by atoms with Gasteiger partial charge in [-0.15, -0.1) is 0 Å². The van der Waals surface area contributed by atoms with E-state index in [0.29, 0.717) is 16.6 Å². The number of rotatable bonds is 2. The Morgan fingerprint density at radius 2 is 2.05 bits per heavy atom. The normalized spacial score (nSPS) is 34.7. The predicted molar refractivity (Wildman–Crippen MR) is 78.9 cm³/mol. The molecule has 3 rings (SSSR count). The highest BCUT2D eigenvalue weighted by atomic mass is 32.2. The average molecular weight is 292 g/mol. The average Bonchev–Trinajstić information content (AvgIpc) is 2.62. The summed E-state index contributed by atoms with van der Waals surface area (Å²) in [7, 11) is 0. The molecule has 1 aromatic rings. The molecule has 2 saturated carbocycles. The van der Waals surface area contributed by atoms with Crippen LogP contribution in [0.15, 0.2) is 16.0 Å². The summed E-state index contributed by atoms with van der Waals surface area (Å²) < 4.78 is 0. The molecule has 5 heteroatoms. The predicted octanol–water partition coefficient (Wildman–Crippen LogP) is 2.56. The lowest BCUT2D eigenvalue weighted by atomic mass is 9.71. The van der Waals surface area contributed by atoms with Crippen molar-refractivity contribution in [2.24, 2.45) is 16.7 Å². The Morgan fingerprint density at radius 3 is 2.60 bits per heavy atom. The van der Waals surface area contributed by atoms with Crippen LogP contribution in [0.4, 0.5) is 0 Å². The van der Waals surface area contributed by atoms with Gasteiger partial charge >= 0.3 is 0 Å². The molecule has 20 heavy (non-hydrogen) atoms. The van der Waals surface area contributed by atoms with E-state index in [9.17, 15) is 9.59 Å². The summed E-state index contributed by atoms with van der Waals surface area (Å²) >= 11 is 1.44. The first-order chi connectivity index (χ1) is 9.25. The monoisotopic (exact) mass is 292 g/mol. The molecule has 4 nitrogen and oxygen atoms in total. The van der Waals surface area contributed by atoms with Gasteiger partial charge in [-0.25, -0.2) is 4.98 Å². The zero-order valence-corrected chi connectivity index (χ0v) is 13.1. The number of ketones is 1. The fourth-order valence-electron chi connectivity index (χ4n) is 3.90. The minimum absolute atomic E-state index is 0.0122. The number of Topliss-reactive ketones (excluding diaryl/α,β-unsaturated/α-hetero) is 1. The lowest BCUT2D eigenvalue weighted by Crippen LogP contribution is -2.36. The Labute approximate surface area is 122 Å². The van der Waals surface area contributed by atoms with Crippen LogP contribution in [0.3, 0.4) is 0 Å². The number of hydrogen-bond donors (Lipinski definition) is 1. The molecule has 108 valence electrons. The molecular formula is C15H20N2O2S. The summed E-state index contributed by atoms with van der Waals surface area (Å²) in [4.78, 5) is 31.3. The van der Waals surface area contributed by atoms with Crippen LogP contribution in [0.2, 0.25) is 0 Å². The number of aromatic amines is 1. The Bertz CT molecular complexity index is 637. The van der Waals surface area contributed by atoms with E-state index >= 15 is 0 Å². The number of nitrogens with zero attached hydrogens (tertiary/aromatic N) is 1. The van der Waals surface area contributed by atoms with Crippen molar-refractivity contribution in [1.82, 2.24) is 9.97 Å². The van der Waals surface area contributed by atoms with Crippen molar-refractivity contribution < 1.29 is 4.79 Å². The first-order valence-corrected chi connectivity index (χ1v) is 7.92. The van der Waals surface area contributed by atoms with Crippen molar-refractivity contribution in [2.45, 2.75) is 50.9 Å². The second-order valence-electron chi connectivity index (χ2n) is 6.82. The van der Waals surface area contributed by atoms with E-state index < -0.39 is 0 Å². The minimum atomic E-state index is -0.153. The van der Waals surface area contributed by atoms with Gasteiger partial charge in [0, 0.05) is 17.7 Å². The SMILES string of the molecule is Cc1cc(=O)[nH]c(S[C@@H]2C(=O)[C@@H]3CC[C@]2(C)C3(C)C)n1. The van der Waals surface area contributed by atoms with Gasteiger partial charge in [0.05, 0.1) is 5.25 Å². The third-order valence-corrected chi connectivity index (χ3v) is 6.96. The molecule has 3 atom stereocenters. The topological polar surface area (TPSA) is 62.8 Å². The maximum Gasteiger partial charge on any atom is 0.251 e. The number of carbonyl (C=O) groups is 1. The molecule has 0 saturated heterocycles. The number of thioether (sulfide) groups is 1. The first-order valence-electron chi connectivity index (χ1n) is 7.04. The lowest BCUT2D eigenvalue weighted by molar-refractivity contribution is -0.122. The van der Waals surface area contributed by atoms with Gasteiger partial charge in [0.15, 0.2) is 5.16 Å². The first kappa shape index (κ1) is 13.9. The van der Waals surface area contributed by atoms with Crippen molar-refractivity contribution in [2.75, 3.05) is 0 Å². The standard InChI is InChI=1S/C15H20N2O2S/c1-8-7-10(18)17-13(16-8)20-12-11(19)9-5-6-15(12,4)14(9,2)3/h7,9,12H,5-6H2,1-4H3,(H,16,17,18)/t9-,12+,15-/m0/s1. The third-order valence-electron chi connectivity index (χ3n) is 5.55. The fraction of sp³-hybridized carbons (Fsp3) is 0.667. The van der Waals surface area contributed by atoms with Crippen molar-refractivity contribution in [3.63, 3.8) is 0 Å². The van der Waals surface area contributed by atoms with Crippen LogP contribution in [0.1, 0.15) is 39.3 Å². The number of aromatic nitrogens is 2. The van der Waals surface area contributed by atoms with Crippen LogP contribution in [-0.4, -0.2) is 21.0 Å². The third kappa shape index (κ3) is 1.72. The summed E-state index contributed by atoms with van der Waals surface area (Å²) in [6, 6.07) is 1.47. The number of carbonyl (C=O) groups excluding carboxylic acids is 1. The second-order valence-corrected chi connectivity index (χ2v) is 7.92. The molecule has 0 unspecified atom stereocenters. The number of aryl methyl sites for hydroxylation is 1. The van der Waals surface area contributed by atoms with Gasteiger partial charge in [0.1, 0.15) is 5.78 Å². The highest BCUT2D eigenvalue weighted by Gasteiger charge is 2.66. The molecule has 1 N–H and O–H groups in total. The molecule has 2 aliphatic rings. The zero-order chi connectivity index (χ0) is 14.7. The van der Waals surface area contributed by atoms with Crippen molar-refractivity contribution >= 4 is 17.5 Å². The van der Waals surface area contributed by atoms with Crippen LogP contribution < -0.4 is 5.56 Å². The van der Waals surface area contributed by atoms with E-state index in [1.807, 2.05) is 0 Å². The Balaban J connectivity index is 1.96. The molecule has 2 fully saturated rings. The summed E-state index contributed by atoms with van der Waals surface area (Å²) in [6.45, 7) is 8.42. The maximum absolute atomic E-state index is 12.6. The van der Waals surface area contributed by atoms with E-state index in [1.165, 1.54) is 17.8 Å². The van der Waals surface area contributed by atoms with Gasteiger partial charge in [-0.1, -0.05) is 32.5 Å². The maximum atomic E-state index is 12.6. The summed E-state index contributed by atoms with van der Waals surface area (Å²) in [5, 5.41) is 0.471. The van der Waals surface area contributed by atoms with E-state index in [1.54, 1.807) is 6.92 Å². The summed E-state index contributed by atoms with van der Waals surface area (Å²) in [5.74, 6) is 0.486. The molecule has 2 bridgehead atoms. The molecule has 2 aliphatic carbocycles. The quantitative estimate of drug-likeness (QED) is 0.851. The highest BCUT2D eigenvalue weighted by Crippen LogP contribution is 2.66. The van der Waals surface area contributed by atoms with Crippen LogP contribution in [0.25, 0.3) is 0 Å². The number of H-pyrrole nitrogens is 1. The van der Waals surface area contributed by atoms with Gasteiger partial charge in [0.25, 0.3) is 5.56 Å². The summed E-state index contributed by atoms with van der Waals surface area (Å²) in [6.07, 6.45) is 2.07. The largest absolute Gasteiger partial charge is 0.301 e. The molecule has 1 aromatic heterocycles. The van der Waals surface area contributed by atoms with Gasteiger partial charge in [-0.2, -0.15) is 0 Å². The number of fused-ring (bicyclic) bond motifs is 2. The Hall–Kier alpha value is -1.10. The molecule has 0 radical (unpaired) electrons. The molecule has 0 aliphatic heterocycles. The van der Waals surface area contributed by atoms with Crippen molar-refractivity contribution in [3.05, 3.63) is 22.1 Å². The van der Waals surface area contributed by atoms with Crippen LogP contribution in [0, 0.1) is 23.7 Å². The summed E-state index contributed by atoms with van der Waals surface area (Å²) in [5.41, 5.74) is 0.560. The van der Waals surface area contributed by atoms with Crippen molar-refractivity contribution in [1.29, 1.82) is 0 Å². The van der Waals surface area contributed by atoms with Crippen LogP contribution in [0.5, 0.6) is 0 Å². The molecule has 1 heterocycles. The van der Waals surface area contributed by atoms with Gasteiger partial charge < -0.3 is 4.98 Å². The second kappa shape index (κ2) is 4.20. The fourth-order valence-corrected chi connectivity index (χ4v) is 5.44. The van der Waals surface area contributed by atoms with Gasteiger partial charge in [-0.05, 0) is 30.6 Å². The van der Waals surface area contributed by atoms with E-state index in [2.05, 4.69) is 30.7 Å². The smallest absolute Gasteiger partial charge is 0.251 e. The number of hydrogen-bond acceptors (Lipinski definition) is 4. The Morgan fingerprint density at radius 1 is 1.35 bits per heavy atom. The van der Waals surface area contributed by atoms with E-state index in [-0.39, 0.29) is 27.6 Å². The molecule has 0 aromatic carbocycles. The number of nitrogens with one attached hydrogen (secondary N) is 1. The molecule has 0 amide bonds. The highest BCUT2D eigenvalue weighted by molar-refractivity contribution is 8.00. The zero-order valence-electron chi connectivity index (χ0n) is 12.3. The Kier molecular flexibility index (Phi) is 2.91. The molecular weight excluding hydrogens is 272 g/mol. The lowest BCUT2D eigenvalue weighted by Gasteiger charge is -2.37. The van der Waals surface area contributed by atoms with Gasteiger partial charge in [0.2, 0.25) is 0 Å². The van der Waals surface area contributed by atoms with Crippen LogP contribution >= 0.6 is 11.8 Å². The van der Waals surface area contributed by atoms with Gasteiger partial charge in [-0.3, -0.25) is 9.59 Å². The minimum Gasteiger partial charge on any atom is -0.301 e. The van der Waals surface area contributed by atoms with Crippen molar-refractivity contribution in [3.8, 4) is 0 Å². The van der Waals surface area contributed by atoms with E-state index in [4.69, 9.17) is 0 Å².